The van der Waals surface area contributed by atoms with Crippen molar-refractivity contribution >= 4 is 89.9 Å². The number of anilines is 4. The van der Waals surface area contributed by atoms with Gasteiger partial charge in [-0.1, -0.05) is 96.1 Å². The molecular formula is C88H100F24N20O2P4Ru2. The van der Waals surface area contributed by atoms with Crippen molar-refractivity contribution in [2.24, 2.45) is 20.0 Å². The summed E-state index contributed by atoms with van der Waals surface area (Å²) in [4.78, 5) is 94.4. The molecule has 0 atom stereocenters. The Morgan fingerprint density at radius 3 is 0.621 bits per heavy atom. The van der Waals surface area contributed by atoms with Crippen molar-refractivity contribution in [1.82, 2.24) is 59.5 Å². The molecule has 4 saturated heterocycles. The summed E-state index contributed by atoms with van der Waals surface area (Å²) in [7, 11) is -42.6. The van der Waals surface area contributed by atoms with Gasteiger partial charge in [0.2, 0.25) is 23.8 Å². The van der Waals surface area contributed by atoms with Gasteiger partial charge in [-0.2, -0.15) is 0 Å². The van der Waals surface area contributed by atoms with E-state index in [0.29, 0.717) is 0 Å². The average Bonchev–Trinajstić information content (AvgIpc) is 0.765. The molecule has 0 amide bonds. The van der Waals surface area contributed by atoms with Crippen LogP contribution in [0.4, 0.5) is 124 Å². The van der Waals surface area contributed by atoms with Crippen molar-refractivity contribution in [3.63, 3.8) is 0 Å². The van der Waals surface area contributed by atoms with Gasteiger partial charge in [-0.15, -0.1) is 0 Å². The number of aliphatic imine (C=N–C) groups is 4. The average molecular weight is 2250 g/mol. The SMILES string of the molecule is CC(C)=O.CC(C)=O.Cc1ccc(-c2cc(-c3ccccn3)nc(-c3ccccn3)c2)cc1.Cc1ccc(-c2cc(-c3ccccn3)nc(-c3ccccn3)c2)cc1.F[P-](F)(F)(F)(F)F.F[P-](F)(F)(F)(F)F.F[P-](F)(F)(F)(F)F.F[P-](F)(F)(F)(F)F.[Ru+2].[Ru+2].c1cc(N2CCCN3CCCN=C32)nc(N2CCCN3CCCN=C32)c1.c1cc(N2CCCN3CCCN=C32)nc(N2CCCN3CCCN=C32)c1. The molecule has 18 rings (SSSR count). The maximum atomic E-state index is 9.87. The summed E-state index contributed by atoms with van der Waals surface area (Å²) in [6, 6.07) is 61.5. The minimum absolute atomic E-state index is 0. The number of carbonyl (C=O) groups excluding carboxylic acids is 2. The predicted molar refractivity (Wildman–Crippen MR) is 499 cm³/mol. The Labute approximate surface area is 817 Å². The van der Waals surface area contributed by atoms with Crippen LogP contribution in [0, 0.1) is 13.8 Å². The summed E-state index contributed by atoms with van der Waals surface area (Å²) >= 11 is 0. The first-order valence-corrected chi connectivity index (χ1v) is 51.0. The molecule has 4 fully saturated rings. The smallest absolute Gasteiger partial charge is 0.342 e. The second-order valence-electron chi connectivity index (χ2n) is 32.3. The Hall–Kier alpha value is -10.7. The van der Waals surface area contributed by atoms with Crippen molar-refractivity contribution < 1.29 is 149 Å². The maximum absolute atomic E-state index is 10.7. The molecule has 140 heavy (non-hydrogen) atoms. The summed E-state index contributed by atoms with van der Waals surface area (Å²) < 4.78 is 237. The Bertz CT molecular complexity index is 5230. The van der Waals surface area contributed by atoms with Crippen LogP contribution in [0.1, 0.15) is 90.2 Å². The molecule has 2 aromatic carbocycles. The number of rotatable bonds is 10. The van der Waals surface area contributed by atoms with Gasteiger partial charge in [-0.25, -0.2) is 19.9 Å². The molecule has 22 nitrogen and oxygen atoms in total. The molecule has 0 N–H and O–H groups in total. The van der Waals surface area contributed by atoms with Gasteiger partial charge in [0.1, 0.15) is 34.8 Å². The quantitative estimate of drug-likeness (QED) is 0.0707. The Balaban J connectivity index is 0.000000226. The summed E-state index contributed by atoms with van der Waals surface area (Å²) in [5.74, 6) is 8.85. The fourth-order valence-electron chi connectivity index (χ4n) is 14.3. The summed E-state index contributed by atoms with van der Waals surface area (Å²) in [5, 5.41) is 0. The third-order valence-corrected chi connectivity index (χ3v) is 19.4. The minimum Gasteiger partial charge on any atom is -0.342 e. The zero-order valence-corrected chi connectivity index (χ0v) is 83.0. The topological polar surface area (TPSA) is 213 Å². The third-order valence-electron chi connectivity index (χ3n) is 19.4. The van der Waals surface area contributed by atoms with Crippen LogP contribution in [0.3, 0.4) is 0 Å². The van der Waals surface area contributed by atoms with Crippen molar-refractivity contribution in [2.75, 3.05) is 124 Å². The number of hydrogen-bond donors (Lipinski definition) is 0. The number of carbonyl (C=O) groups is 2. The summed E-state index contributed by atoms with van der Waals surface area (Å²) in [6.45, 7) is 27.0. The number of Topliss-reactive ketones (excluding diaryl/α,β-unsaturated/α-hetero) is 2. The first-order valence-electron chi connectivity index (χ1n) is 42.9. The number of nitrogens with zero attached hydrogens (tertiary/aromatic N) is 20. The van der Waals surface area contributed by atoms with E-state index in [1.165, 1.54) is 38.8 Å². The number of ketones is 2. The van der Waals surface area contributed by atoms with Gasteiger partial charge in [0.25, 0.3) is 0 Å². The normalized spacial score (nSPS) is 17.4. The number of guanidine groups is 4. The van der Waals surface area contributed by atoms with E-state index in [2.05, 4.69) is 182 Å². The van der Waals surface area contributed by atoms with Crippen LogP contribution in [0.2, 0.25) is 0 Å². The fourth-order valence-corrected chi connectivity index (χ4v) is 14.3. The zero-order valence-electron chi connectivity index (χ0n) is 75.9. The Morgan fingerprint density at radius 1 is 0.243 bits per heavy atom. The van der Waals surface area contributed by atoms with Crippen molar-refractivity contribution in [3.05, 3.63) is 218 Å². The van der Waals surface area contributed by atoms with Gasteiger partial charge in [0.15, 0.2) is 0 Å². The van der Waals surface area contributed by atoms with E-state index in [1.807, 2.05) is 72.8 Å². The Morgan fingerprint density at radius 2 is 0.436 bits per heavy atom. The molecule has 0 bridgehead atoms. The molecule has 52 heteroatoms. The van der Waals surface area contributed by atoms with E-state index >= 15 is 0 Å². The largest absolute Gasteiger partial charge is 2.00 e. The standard InChI is InChI=1S/2C22H17N3.2C19H27N7.2C3H6O.4F6P.2Ru/c2*1-16-8-10-17(11-9-16)18-14-21(19-6-2-4-12-23-19)25-22(15-18)20-7-3-5-13-24-20;2*1-6-16(25-14-4-12-23-10-2-8-20-18(23)25)22-17(7-1)26-15-5-13-24-11-3-9-21-19(24)26;2*1-3(2)4;4*1-7(2,3,4,5)6;;/h2*2-15H,1H3;2*1,6-7H,2-5,8-15H2;2*1-2H3;;;;;;/q;;;;;;4*-1;2*+2. The molecule has 8 aliphatic heterocycles. The molecule has 8 aromatic heterocycles. The van der Waals surface area contributed by atoms with E-state index in [1.54, 1.807) is 24.8 Å². The van der Waals surface area contributed by atoms with Crippen LogP contribution < -0.4 is 19.6 Å². The van der Waals surface area contributed by atoms with Crippen LogP contribution in [-0.2, 0) is 48.5 Å². The maximum Gasteiger partial charge on any atom is 2.00 e. The van der Waals surface area contributed by atoms with Crippen LogP contribution in [0.15, 0.2) is 227 Å². The third kappa shape index (κ3) is 46.4. The van der Waals surface area contributed by atoms with E-state index in [9.17, 15) is 110 Å². The van der Waals surface area contributed by atoms with Crippen LogP contribution in [0.25, 0.3) is 67.8 Å². The molecule has 8 aliphatic rings. The van der Waals surface area contributed by atoms with Gasteiger partial charge < -0.3 is 29.2 Å². The van der Waals surface area contributed by atoms with Gasteiger partial charge in [-0.05, 0) is 212 Å². The van der Waals surface area contributed by atoms with E-state index in [0.717, 1.165) is 271 Å². The zero-order chi connectivity index (χ0) is 102. The second kappa shape index (κ2) is 44.9. The van der Waals surface area contributed by atoms with Crippen LogP contribution >= 0.6 is 31.2 Å². The van der Waals surface area contributed by atoms with E-state index in [4.69, 9.17) is 39.9 Å². The molecule has 0 unspecified atom stereocenters. The second-order valence-corrected chi connectivity index (χ2v) is 40.0. The molecule has 0 saturated carbocycles. The van der Waals surface area contributed by atoms with E-state index in [-0.39, 0.29) is 50.5 Å². The predicted octanol–water partition coefficient (Wildman–Crippen LogP) is 28.3. The number of aryl methyl sites for hydroxylation is 2. The monoisotopic (exact) mass is 2250 g/mol. The van der Waals surface area contributed by atoms with Crippen molar-refractivity contribution in [2.45, 2.75) is 92.9 Å². The number of fused-ring (bicyclic) bond motifs is 4. The summed E-state index contributed by atoms with van der Waals surface area (Å²) in [5.41, 5.74) is 13.8. The fraction of sp³-hybridized carbons (Fsp3) is 0.341. The number of hydrogen-bond acceptors (Lipinski definition) is 22. The minimum atomic E-state index is -10.7. The van der Waals surface area contributed by atoms with Gasteiger partial charge in [-0.3, -0.25) is 59.5 Å². The Kier molecular flexibility index (Phi) is 37.3. The van der Waals surface area contributed by atoms with Crippen LogP contribution in [-0.4, -0.2) is 200 Å². The first-order chi connectivity index (χ1) is 63.6. The molecule has 0 radical (unpaired) electrons. The number of pyridine rings is 8. The molecule has 0 aliphatic carbocycles. The van der Waals surface area contributed by atoms with Crippen molar-refractivity contribution in [3.8, 4) is 67.8 Å². The molecule has 16 heterocycles. The van der Waals surface area contributed by atoms with Crippen molar-refractivity contribution in [1.29, 1.82) is 0 Å². The van der Waals surface area contributed by atoms with E-state index < -0.39 is 31.2 Å². The number of benzene rings is 2. The first kappa shape index (κ1) is 116. The molecule has 0 spiro atoms. The van der Waals surface area contributed by atoms with Gasteiger partial charge in [0, 0.05) is 130 Å². The number of aromatic nitrogens is 8. The number of halogens is 24. The molecule has 10 aromatic rings. The van der Waals surface area contributed by atoms with Gasteiger partial charge in [0.05, 0.1) is 45.6 Å². The van der Waals surface area contributed by atoms with Gasteiger partial charge >= 0.3 is 171 Å². The molecule has 768 valence electrons. The summed E-state index contributed by atoms with van der Waals surface area (Å²) in [6.07, 6.45) is 16.4. The molecular weight excluding hydrogens is 2150 g/mol. The van der Waals surface area contributed by atoms with Crippen LogP contribution in [0.5, 0.6) is 0 Å².